The van der Waals surface area contributed by atoms with Gasteiger partial charge in [-0.15, -0.1) is 0 Å². The average Bonchev–Trinajstić information content (AvgIpc) is 2.17. The van der Waals surface area contributed by atoms with Crippen LogP contribution in [0.4, 0.5) is 4.48 Å². The number of hydrogen-bond donors (Lipinski definition) is 2. The Bertz CT molecular complexity index is 351. The van der Waals surface area contributed by atoms with Gasteiger partial charge in [0.25, 0.3) is 5.91 Å². The number of benzene rings is 1. The number of rotatable bonds is 2. The van der Waals surface area contributed by atoms with E-state index in [4.69, 9.17) is 5.11 Å². The Labute approximate surface area is 72.9 Å². The van der Waals surface area contributed by atoms with Crippen molar-refractivity contribution in [3.05, 3.63) is 35.4 Å². The van der Waals surface area contributed by atoms with Crippen molar-refractivity contribution in [3.63, 3.8) is 0 Å². The van der Waals surface area contributed by atoms with E-state index in [0.29, 0.717) is 0 Å². The Morgan fingerprint density at radius 3 is 2.46 bits per heavy atom. The van der Waals surface area contributed by atoms with Crippen LogP contribution in [-0.4, -0.2) is 17.0 Å². The summed E-state index contributed by atoms with van der Waals surface area (Å²) in [6, 6.07) is 5.10. The molecule has 0 radical (unpaired) electrons. The van der Waals surface area contributed by atoms with E-state index in [9.17, 15) is 14.1 Å². The third-order valence-electron chi connectivity index (χ3n) is 1.46. The van der Waals surface area contributed by atoms with Crippen LogP contribution in [-0.2, 0) is 0 Å². The molecule has 4 nitrogen and oxygen atoms in total. The molecule has 0 heterocycles. The lowest BCUT2D eigenvalue weighted by atomic mass is 10.1. The molecule has 1 amide bonds. The van der Waals surface area contributed by atoms with E-state index in [0.717, 1.165) is 11.6 Å². The molecule has 0 aliphatic carbocycles. The van der Waals surface area contributed by atoms with E-state index in [2.05, 4.69) is 0 Å². The molecule has 5 heteroatoms. The SMILES string of the molecule is O=C(O)c1cccc(C(=O)NF)c1. The summed E-state index contributed by atoms with van der Waals surface area (Å²) >= 11 is 0. The van der Waals surface area contributed by atoms with Gasteiger partial charge in [-0.1, -0.05) is 10.5 Å². The molecule has 68 valence electrons. The molecule has 0 saturated heterocycles. The summed E-state index contributed by atoms with van der Waals surface area (Å²) in [5.41, 5.74) is 0.835. The van der Waals surface area contributed by atoms with Gasteiger partial charge in [0, 0.05) is 5.56 Å². The first-order valence-corrected chi connectivity index (χ1v) is 3.39. The summed E-state index contributed by atoms with van der Waals surface area (Å²) in [6.07, 6.45) is 0. The van der Waals surface area contributed by atoms with E-state index < -0.39 is 11.9 Å². The van der Waals surface area contributed by atoms with Crippen molar-refractivity contribution in [1.82, 2.24) is 5.54 Å². The summed E-state index contributed by atoms with van der Waals surface area (Å²) in [5, 5.41) is 8.54. The van der Waals surface area contributed by atoms with E-state index in [1.807, 2.05) is 0 Å². The number of carbonyl (C=O) groups is 2. The number of carboxylic acid groups (broad SMARTS) is 1. The third kappa shape index (κ3) is 2.02. The topological polar surface area (TPSA) is 66.4 Å². The third-order valence-corrected chi connectivity index (χ3v) is 1.46. The quantitative estimate of drug-likeness (QED) is 0.672. The molecule has 0 aromatic heterocycles. The number of aromatic carboxylic acids is 1. The van der Waals surface area contributed by atoms with Gasteiger partial charge < -0.3 is 5.11 Å². The van der Waals surface area contributed by atoms with Crippen molar-refractivity contribution in [2.45, 2.75) is 0 Å². The van der Waals surface area contributed by atoms with Crippen LogP contribution in [0.5, 0.6) is 0 Å². The predicted octanol–water partition coefficient (Wildman–Crippen LogP) is 0.999. The fourth-order valence-corrected chi connectivity index (χ4v) is 0.848. The van der Waals surface area contributed by atoms with Gasteiger partial charge >= 0.3 is 5.97 Å². The molecule has 0 saturated carbocycles. The normalized spacial score (nSPS) is 9.31. The van der Waals surface area contributed by atoms with Crippen molar-refractivity contribution in [2.75, 3.05) is 0 Å². The highest BCUT2D eigenvalue weighted by Crippen LogP contribution is 2.04. The summed E-state index contributed by atoms with van der Waals surface area (Å²) < 4.78 is 11.7. The Morgan fingerprint density at radius 1 is 1.31 bits per heavy atom. The second-order valence-corrected chi connectivity index (χ2v) is 2.31. The highest BCUT2D eigenvalue weighted by molar-refractivity contribution is 5.96. The summed E-state index contributed by atoms with van der Waals surface area (Å²) in [5.74, 6) is -2.11. The first kappa shape index (κ1) is 9.18. The monoisotopic (exact) mass is 183 g/mol. The smallest absolute Gasteiger partial charge is 0.335 e. The van der Waals surface area contributed by atoms with Crippen LogP contribution in [0.3, 0.4) is 0 Å². The Kier molecular flexibility index (Phi) is 2.59. The van der Waals surface area contributed by atoms with Gasteiger partial charge in [-0.3, -0.25) is 4.79 Å². The first-order chi connectivity index (χ1) is 6.15. The second-order valence-electron chi connectivity index (χ2n) is 2.31. The van der Waals surface area contributed by atoms with Gasteiger partial charge in [-0.25, -0.2) is 4.79 Å². The summed E-state index contributed by atoms with van der Waals surface area (Å²) in [7, 11) is 0. The van der Waals surface area contributed by atoms with Gasteiger partial charge in [0.2, 0.25) is 0 Å². The zero-order chi connectivity index (χ0) is 9.84. The maximum Gasteiger partial charge on any atom is 0.335 e. The molecule has 0 fully saturated rings. The maximum absolute atomic E-state index is 11.7. The van der Waals surface area contributed by atoms with Crippen molar-refractivity contribution in [1.29, 1.82) is 0 Å². The number of carbonyl (C=O) groups excluding carboxylic acids is 1. The molecule has 0 bridgehead atoms. The van der Waals surface area contributed by atoms with Crippen LogP contribution < -0.4 is 5.54 Å². The number of hydrogen-bond acceptors (Lipinski definition) is 2. The van der Waals surface area contributed by atoms with Crippen molar-refractivity contribution < 1.29 is 19.2 Å². The number of nitrogens with one attached hydrogen (secondary N) is 1. The molecule has 2 N–H and O–H groups in total. The molecule has 0 atom stereocenters. The van der Waals surface area contributed by atoms with Crippen molar-refractivity contribution in [2.24, 2.45) is 0 Å². The Balaban J connectivity index is 3.05. The second kappa shape index (κ2) is 3.66. The van der Waals surface area contributed by atoms with Crippen LogP contribution in [0, 0.1) is 0 Å². The molecular formula is C8H6FNO3. The minimum absolute atomic E-state index is 0.0256. The van der Waals surface area contributed by atoms with Crippen LogP contribution in [0.1, 0.15) is 20.7 Å². The first-order valence-electron chi connectivity index (χ1n) is 3.39. The molecule has 13 heavy (non-hydrogen) atoms. The Hall–Kier alpha value is -1.91. The lowest BCUT2D eigenvalue weighted by molar-refractivity contribution is 0.0697. The largest absolute Gasteiger partial charge is 0.478 e. The number of halogens is 1. The lowest BCUT2D eigenvalue weighted by Gasteiger charge is -1.98. The van der Waals surface area contributed by atoms with Gasteiger partial charge in [0.05, 0.1) is 5.56 Å². The minimum atomic E-state index is -1.16. The predicted molar refractivity (Wildman–Crippen MR) is 42.0 cm³/mol. The fourth-order valence-electron chi connectivity index (χ4n) is 0.848. The zero-order valence-corrected chi connectivity index (χ0v) is 6.45. The molecule has 1 aromatic rings. The molecular weight excluding hydrogens is 177 g/mol. The van der Waals surface area contributed by atoms with E-state index >= 15 is 0 Å². The van der Waals surface area contributed by atoms with Crippen molar-refractivity contribution >= 4 is 11.9 Å². The van der Waals surface area contributed by atoms with Crippen LogP contribution in [0.15, 0.2) is 24.3 Å². The van der Waals surface area contributed by atoms with Crippen LogP contribution >= 0.6 is 0 Å². The van der Waals surface area contributed by atoms with E-state index in [1.54, 1.807) is 0 Å². The zero-order valence-electron chi connectivity index (χ0n) is 6.45. The lowest BCUT2D eigenvalue weighted by Crippen LogP contribution is -2.14. The van der Waals surface area contributed by atoms with E-state index in [1.165, 1.54) is 18.2 Å². The molecule has 0 aliphatic rings. The van der Waals surface area contributed by atoms with E-state index in [-0.39, 0.29) is 11.1 Å². The summed E-state index contributed by atoms with van der Waals surface area (Å²) in [6.45, 7) is 0. The highest BCUT2D eigenvalue weighted by Gasteiger charge is 2.08. The minimum Gasteiger partial charge on any atom is -0.478 e. The number of carboxylic acids is 1. The summed E-state index contributed by atoms with van der Waals surface area (Å²) in [4.78, 5) is 21.1. The van der Waals surface area contributed by atoms with Gasteiger partial charge in [-0.05, 0) is 18.2 Å². The van der Waals surface area contributed by atoms with Crippen LogP contribution in [0.25, 0.3) is 0 Å². The van der Waals surface area contributed by atoms with Gasteiger partial charge in [0.1, 0.15) is 0 Å². The van der Waals surface area contributed by atoms with Gasteiger partial charge in [0.15, 0.2) is 0 Å². The average molecular weight is 183 g/mol. The molecule has 0 spiro atoms. The number of amides is 1. The van der Waals surface area contributed by atoms with Gasteiger partial charge in [-0.2, -0.15) is 5.54 Å². The molecule has 1 rings (SSSR count). The maximum atomic E-state index is 11.7. The molecule has 0 aliphatic heterocycles. The van der Waals surface area contributed by atoms with Crippen molar-refractivity contribution in [3.8, 4) is 0 Å². The standard InChI is InChI=1S/C8H6FNO3/c9-10-7(11)5-2-1-3-6(4-5)8(12)13/h1-4H,(H,10,11)(H,12,13). The highest BCUT2D eigenvalue weighted by atomic mass is 19.2. The van der Waals surface area contributed by atoms with Crippen LogP contribution in [0.2, 0.25) is 0 Å². The molecule has 1 aromatic carbocycles. The Morgan fingerprint density at radius 2 is 1.92 bits per heavy atom. The molecule has 0 unspecified atom stereocenters. The fraction of sp³-hybridized carbons (Fsp3) is 0.